The Kier molecular flexibility index (Phi) is 3.31. The van der Waals surface area contributed by atoms with E-state index >= 15 is 0 Å². The van der Waals surface area contributed by atoms with E-state index in [1.54, 1.807) is 0 Å². The Balaban J connectivity index is 2.31. The van der Waals surface area contributed by atoms with E-state index in [1.165, 1.54) is 0 Å². The summed E-state index contributed by atoms with van der Waals surface area (Å²) in [6, 6.07) is 0. The number of rotatable bonds is 5. The third-order valence-corrected chi connectivity index (χ3v) is 3.01. The molecule has 1 amide bonds. The van der Waals surface area contributed by atoms with Crippen LogP contribution in [0.15, 0.2) is 0 Å². The van der Waals surface area contributed by atoms with Crippen molar-refractivity contribution in [1.82, 2.24) is 5.32 Å². The Morgan fingerprint density at radius 1 is 1.54 bits per heavy atom. The molecule has 0 spiro atoms. The molecule has 0 aliphatic heterocycles. The van der Waals surface area contributed by atoms with Crippen LogP contribution in [0.4, 0.5) is 0 Å². The molecule has 1 aliphatic carbocycles. The molecule has 1 rings (SSSR count). The number of hydrogen-bond donors (Lipinski definition) is 2. The predicted molar refractivity (Wildman–Crippen MR) is 53.2 cm³/mol. The summed E-state index contributed by atoms with van der Waals surface area (Å²) in [6.07, 6.45) is 2.98. The fourth-order valence-corrected chi connectivity index (χ4v) is 1.68. The lowest BCUT2D eigenvalue weighted by Crippen LogP contribution is -2.36. The number of nitrogens with two attached hydrogens (primary N) is 1. The molecule has 0 aromatic carbocycles. The minimum absolute atomic E-state index is 0.0331. The normalized spacial score (nSPS) is 18.8. The molecule has 3 nitrogen and oxygen atoms in total. The summed E-state index contributed by atoms with van der Waals surface area (Å²) in [4.78, 5) is 11.7. The summed E-state index contributed by atoms with van der Waals surface area (Å²) >= 11 is 0. The number of hydrogen-bond acceptors (Lipinski definition) is 2. The molecule has 76 valence electrons. The molecule has 0 bridgehead atoms. The zero-order chi connectivity index (χ0) is 9.90. The van der Waals surface area contributed by atoms with Crippen LogP contribution in [0.1, 0.15) is 33.1 Å². The van der Waals surface area contributed by atoms with E-state index in [9.17, 15) is 4.79 Å². The zero-order valence-corrected chi connectivity index (χ0v) is 8.60. The first kappa shape index (κ1) is 10.5. The van der Waals surface area contributed by atoms with Gasteiger partial charge in [0.25, 0.3) is 0 Å². The van der Waals surface area contributed by atoms with Gasteiger partial charge in [-0.15, -0.1) is 0 Å². The fraction of sp³-hybridized carbons (Fsp3) is 0.900. The molecule has 3 N–H and O–H groups in total. The van der Waals surface area contributed by atoms with Gasteiger partial charge in [0.05, 0.1) is 5.41 Å². The highest BCUT2D eigenvalue weighted by molar-refractivity contribution is 5.85. The van der Waals surface area contributed by atoms with Crippen LogP contribution in [-0.4, -0.2) is 19.0 Å². The second kappa shape index (κ2) is 4.09. The standard InChI is InChI=1S/C10H20N2O/c1-8(2)10(4-5-10)9(13)12-7-3-6-11/h8H,3-7,11H2,1-2H3,(H,12,13). The van der Waals surface area contributed by atoms with E-state index in [0.717, 1.165) is 25.8 Å². The molecule has 0 saturated heterocycles. The van der Waals surface area contributed by atoms with Gasteiger partial charge in [0.15, 0.2) is 0 Å². The summed E-state index contributed by atoms with van der Waals surface area (Å²) < 4.78 is 0. The number of carbonyl (C=O) groups excluding carboxylic acids is 1. The third kappa shape index (κ3) is 2.21. The van der Waals surface area contributed by atoms with E-state index in [4.69, 9.17) is 5.73 Å². The van der Waals surface area contributed by atoms with Crippen molar-refractivity contribution in [2.75, 3.05) is 13.1 Å². The highest BCUT2D eigenvalue weighted by atomic mass is 16.2. The summed E-state index contributed by atoms with van der Waals surface area (Å²) in [5.41, 5.74) is 5.31. The first-order valence-electron chi connectivity index (χ1n) is 5.12. The lowest BCUT2D eigenvalue weighted by atomic mass is 9.91. The molecule has 0 aromatic heterocycles. The first-order chi connectivity index (χ1) is 6.13. The van der Waals surface area contributed by atoms with Crippen LogP contribution in [0, 0.1) is 11.3 Å². The monoisotopic (exact) mass is 184 g/mol. The predicted octanol–water partition coefficient (Wildman–Crippen LogP) is 0.888. The summed E-state index contributed by atoms with van der Waals surface area (Å²) in [5, 5.41) is 2.95. The van der Waals surface area contributed by atoms with Crippen molar-refractivity contribution in [3.05, 3.63) is 0 Å². The summed E-state index contributed by atoms with van der Waals surface area (Å²) in [7, 11) is 0. The maximum Gasteiger partial charge on any atom is 0.226 e. The fourth-order valence-electron chi connectivity index (χ4n) is 1.68. The van der Waals surface area contributed by atoms with Crippen molar-refractivity contribution in [3.63, 3.8) is 0 Å². The lowest BCUT2D eigenvalue weighted by Gasteiger charge is -2.18. The van der Waals surface area contributed by atoms with Gasteiger partial charge in [0.2, 0.25) is 5.91 Å². The summed E-state index contributed by atoms with van der Waals surface area (Å²) in [6.45, 7) is 5.61. The highest BCUT2D eigenvalue weighted by Crippen LogP contribution is 2.51. The van der Waals surface area contributed by atoms with Crippen molar-refractivity contribution in [2.24, 2.45) is 17.1 Å². The van der Waals surface area contributed by atoms with Gasteiger partial charge < -0.3 is 11.1 Å². The highest BCUT2D eigenvalue weighted by Gasteiger charge is 2.51. The Hall–Kier alpha value is -0.570. The first-order valence-corrected chi connectivity index (χ1v) is 5.12. The quantitative estimate of drug-likeness (QED) is 0.623. The lowest BCUT2D eigenvalue weighted by molar-refractivity contribution is -0.127. The van der Waals surface area contributed by atoms with Gasteiger partial charge >= 0.3 is 0 Å². The molecule has 0 radical (unpaired) electrons. The van der Waals surface area contributed by atoms with Crippen molar-refractivity contribution >= 4 is 5.91 Å². The van der Waals surface area contributed by atoms with E-state index in [-0.39, 0.29) is 11.3 Å². The molecule has 3 heteroatoms. The molecule has 0 atom stereocenters. The van der Waals surface area contributed by atoms with Crippen LogP contribution in [-0.2, 0) is 4.79 Å². The molecule has 1 fully saturated rings. The number of amides is 1. The topological polar surface area (TPSA) is 55.1 Å². The smallest absolute Gasteiger partial charge is 0.226 e. The average Bonchev–Trinajstić information content (AvgIpc) is 2.84. The zero-order valence-electron chi connectivity index (χ0n) is 8.60. The summed E-state index contributed by atoms with van der Waals surface area (Å²) in [5.74, 6) is 0.696. The van der Waals surface area contributed by atoms with Gasteiger partial charge in [-0.2, -0.15) is 0 Å². The van der Waals surface area contributed by atoms with E-state index in [1.807, 2.05) is 0 Å². The van der Waals surface area contributed by atoms with Gasteiger partial charge in [0, 0.05) is 6.54 Å². The van der Waals surface area contributed by atoms with Crippen LogP contribution in [0.3, 0.4) is 0 Å². The Morgan fingerprint density at radius 3 is 2.54 bits per heavy atom. The SMILES string of the molecule is CC(C)C1(C(=O)NCCCN)CC1. The van der Waals surface area contributed by atoms with Crippen molar-refractivity contribution in [2.45, 2.75) is 33.1 Å². The van der Waals surface area contributed by atoms with Crippen LogP contribution in [0.25, 0.3) is 0 Å². The van der Waals surface area contributed by atoms with Crippen LogP contribution in [0.5, 0.6) is 0 Å². The van der Waals surface area contributed by atoms with Crippen LogP contribution >= 0.6 is 0 Å². The number of nitrogens with one attached hydrogen (secondary N) is 1. The molecule has 0 aromatic rings. The van der Waals surface area contributed by atoms with Gasteiger partial charge in [-0.05, 0) is 31.7 Å². The average molecular weight is 184 g/mol. The third-order valence-electron chi connectivity index (χ3n) is 3.01. The van der Waals surface area contributed by atoms with Gasteiger partial charge in [-0.25, -0.2) is 0 Å². The second-order valence-electron chi connectivity index (χ2n) is 4.21. The molecule has 13 heavy (non-hydrogen) atoms. The minimum Gasteiger partial charge on any atom is -0.356 e. The second-order valence-corrected chi connectivity index (χ2v) is 4.21. The molecular formula is C10H20N2O. The maximum atomic E-state index is 11.7. The van der Waals surface area contributed by atoms with Crippen LogP contribution in [0.2, 0.25) is 0 Å². The number of carbonyl (C=O) groups is 1. The molecule has 1 aliphatic rings. The van der Waals surface area contributed by atoms with E-state index in [0.29, 0.717) is 12.5 Å². The van der Waals surface area contributed by atoms with E-state index < -0.39 is 0 Å². The molecular weight excluding hydrogens is 164 g/mol. The van der Waals surface area contributed by atoms with Gasteiger partial charge in [-0.1, -0.05) is 13.8 Å². The van der Waals surface area contributed by atoms with E-state index in [2.05, 4.69) is 19.2 Å². The van der Waals surface area contributed by atoms with Crippen LogP contribution < -0.4 is 11.1 Å². The molecule has 1 saturated carbocycles. The van der Waals surface area contributed by atoms with Crippen molar-refractivity contribution in [3.8, 4) is 0 Å². The minimum atomic E-state index is -0.0331. The molecule has 0 unspecified atom stereocenters. The van der Waals surface area contributed by atoms with Crippen molar-refractivity contribution in [1.29, 1.82) is 0 Å². The Labute approximate surface area is 80.1 Å². The Bertz CT molecular complexity index is 185. The molecule has 0 heterocycles. The van der Waals surface area contributed by atoms with Gasteiger partial charge in [-0.3, -0.25) is 4.79 Å². The van der Waals surface area contributed by atoms with Crippen molar-refractivity contribution < 1.29 is 4.79 Å². The largest absolute Gasteiger partial charge is 0.356 e. The Morgan fingerprint density at radius 2 is 2.15 bits per heavy atom. The maximum absolute atomic E-state index is 11.7. The van der Waals surface area contributed by atoms with Gasteiger partial charge in [0.1, 0.15) is 0 Å².